The van der Waals surface area contributed by atoms with Gasteiger partial charge in [-0.2, -0.15) is 0 Å². The number of hydrogen-bond acceptors (Lipinski definition) is 3. The minimum absolute atomic E-state index is 0.00511. The maximum atomic E-state index is 13.6. The summed E-state index contributed by atoms with van der Waals surface area (Å²) in [7, 11) is 0. The smallest absolute Gasteiger partial charge is 0.137 e. The summed E-state index contributed by atoms with van der Waals surface area (Å²) < 4.78 is 19.1. The second kappa shape index (κ2) is 6.24. The number of aromatic nitrogens is 1. The molecule has 2 N–H and O–H groups in total. The lowest BCUT2D eigenvalue weighted by Gasteiger charge is -2.11. The van der Waals surface area contributed by atoms with Gasteiger partial charge >= 0.3 is 0 Å². The van der Waals surface area contributed by atoms with Crippen LogP contribution in [0.5, 0.6) is 5.75 Å². The van der Waals surface area contributed by atoms with E-state index in [1.54, 1.807) is 24.5 Å². The number of pyridine rings is 1. The van der Waals surface area contributed by atoms with E-state index in [9.17, 15) is 4.39 Å². The lowest BCUT2D eigenvalue weighted by molar-refractivity contribution is 0.319. The second-order valence-corrected chi connectivity index (χ2v) is 4.38. The highest BCUT2D eigenvalue weighted by Gasteiger charge is 2.12. The Labute approximate surface area is 116 Å². The molecule has 0 atom stereocenters. The van der Waals surface area contributed by atoms with Crippen molar-refractivity contribution in [1.82, 2.24) is 4.98 Å². The molecule has 0 amide bonds. The quantitative estimate of drug-likeness (QED) is 0.852. The first kappa shape index (κ1) is 13.4. The first-order valence-corrected chi connectivity index (χ1v) is 6.19. The summed E-state index contributed by atoms with van der Waals surface area (Å²) >= 11 is 4.83. The number of thiocarbonyl (C=S) groups is 1. The Morgan fingerprint density at radius 3 is 2.84 bits per heavy atom. The summed E-state index contributed by atoms with van der Waals surface area (Å²) in [6.45, 7) is 0.407. The summed E-state index contributed by atoms with van der Waals surface area (Å²) in [6.07, 6.45) is 4.16. The number of rotatable bonds is 5. The highest BCUT2D eigenvalue weighted by atomic mass is 32.1. The molecule has 98 valence electrons. The number of nitrogens with zero attached hydrogens (tertiary/aromatic N) is 1. The molecule has 1 aromatic heterocycles. The largest absolute Gasteiger partial charge is 0.492 e. The van der Waals surface area contributed by atoms with Crippen LogP contribution >= 0.6 is 12.2 Å². The van der Waals surface area contributed by atoms with Gasteiger partial charge < -0.3 is 10.5 Å². The molecule has 0 fully saturated rings. The Balaban J connectivity index is 2.04. The number of halogens is 1. The van der Waals surface area contributed by atoms with Crippen molar-refractivity contribution in [1.29, 1.82) is 0 Å². The maximum absolute atomic E-state index is 13.6. The highest BCUT2D eigenvalue weighted by Crippen LogP contribution is 2.21. The molecule has 0 aliphatic carbocycles. The van der Waals surface area contributed by atoms with Crippen molar-refractivity contribution < 1.29 is 9.13 Å². The van der Waals surface area contributed by atoms with Crippen molar-refractivity contribution in [3.05, 3.63) is 59.7 Å². The molecule has 0 aliphatic heterocycles. The Hall–Kier alpha value is -2.01. The van der Waals surface area contributed by atoms with E-state index in [4.69, 9.17) is 22.7 Å². The molecule has 1 aromatic carbocycles. The molecule has 5 heteroatoms. The lowest BCUT2D eigenvalue weighted by atomic mass is 10.2. The van der Waals surface area contributed by atoms with Crippen LogP contribution in [0.1, 0.15) is 11.1 Å². The minimum Gasteiger partial charge on any atom is -0.492 e. The number of nitrogens with two attached hydrogens (primary N) is 1. The van der Waals surface area contributed by atoms with E-state index in [2.05, 4.69) is 4.98 Å². The van der Waals surface area contributed by atoms with E-state index in [1.807, 2.05) is 12.1 Å². The fourth-order valence-electron chi connectivity index (χ4n) is 1.69. The Kier molecular flexibility index (Phi) is 4.41. The number of ether oxygens (including phenoxy) is 1. The van der Waals surface area contributed by atoms with E-state index in [1.165, 1.54) is 6.07 Å². The first-order valence-electron chi connectivity index (χ1n) is 5.78. The molecule has 0 unspecified atom stereocenters. The zero-order chi connectivity index (χ0) is 13.7. The van der Waals surface area contributed by atoms with Gasteiger partial charge in [0.05, 0.1) is 12.2 Å². The molecular weight excluding hydrogens is 263 g/mol. The molecular formula is C14H13FN2OS. The molecule has 0 radical (unpaired) electrons. The normalized spacial score (nSPS) is 10.2. The summed E-state index contributed by atoms with van der Waals surface area (Å²) in [5, 5.41) is 0. The van der Waals surface area contributed by atoms with Gasteiger partial charge in [-0.25, -0.2) is 4.39 Å². The van der Waals surface area contributed by atoms with Crippen LogP contribution in [0.3, 0.4) is 0 Å². The zero-order valence-electron chi connectivity index (χ0n) is 10.2. The standard InChI is InChI=1S/C14H13FN2OS/c15-11-4-1-5-12(13(11)14(16)19)18-8-6-10-3-2-7-17-9-10/h1-5,7,9H,6,8H2,(H2,16,19). The van der Waals surface area contributed by atoms with Crippen LogP contribution in [0, 0.1) is 5.82 Å². The molecule has 19 heavy (non-hydrogen) atoms. The van der Waals surface area contributed by atoms with E-state index in [0.717, 1.165) is 5.56 Å². The van der Waals surface area contributed by atoms with Gasteiger partial charge in [-0.1, -0.05) is 24.4 Å². The van der Waals surface area contributed by atoms with Crippen LogP contribution in [0.15, 0.2) is 42.7 Å². The van der Waals surface area contributed by atoms with Gasteiger partial charge in [0.2, 0.25) is 0 Å². The Bertz CT molecular complexity index is 575. The third kappa shape index (κ3) is 3.48. The van der Waals surface area contributed by atoms with Crippen molar-refractivity contribution in [3.8, 4) is 5.75 Å². The van der Waals surface area contributed by atoms with Gasteiger partial charge in [0.1, 0.15) is 16.6 Å². The summed E-state index contributed by atoms with van der Waals surface area (Å²) in [4.78, 5) is 4.01. The summed E-state index contributed by atoms with van der Waals surface area (Å²) in [5.74, 6) is -0.0947. The molecule has 0 saturated carbocycles. The van der Waals surface area contributed by atoms with Gasteiger partial charge in [-0.3, -0.25) is 4.98 Å². The van der Waals surface area contributed by atoms with Crippen LogP contribution in [-0.4, -0.2) is 16.6 Å². The molecule has 2 rings (SSSR count). The van der Waals surface area contributed by atoms with Crippen LogP contribution < -0.4 is 10.5 Å². The zero-order valence-corrected chi connectivity index (χ0v) is 11.0. The van der Waals surface area contributed by atoms with Crippen molar-refractivity contribution in [3.63, 3.8) is 0 Å². The average Bonchev–Trinajstić information content (AvgIpc) is 2.39. The summed E-state index contributed by atoms with van der Waals surface area (Å²) in [5.41, 5.74) is 6.71. The van der Waals surface area contributed by atoms with Crippen molar-refractivity contribution >= 4 is 17.2 Å². The molecule has 0 saturated heterocycles. The van der Waals surface area contributed by atoms with Gasteiger partial charge in [0.25, 0.3) is 0 Å². The van der Waals surface area contributed by atoms with E-state index in [0.29, 0.717) is 18.8 Å². The van der Waals surface area contributed by atoms with Crippen molar-refractivity contribution in [2.45, 2.75) is 6.42 Å². The average molecular weight is 276 g/mol. The molecule has 2 aromatic rings. The molecule has 0 spiro atoms. The Morgan fingerprint density at radius 1 is 1.32 bits per heavy atom. The second-order valence-electron chi connectivity index (χ2n) is 3.94. The summed E-state index contributed by atoms with van der Waals surface area (Å²) in [6, 6.07) is 8.34. The number of benzene rings is 1. The van der Waals surface area contributed by atoms with Gasteiger partial charge in [-0.15, -0.1) is 0 Å². The predicted octanol–water partition coefficient (Wildman–Crippen LogP) is 2.48. The predicted molar refractivity (Wildman–Crippen MR) is 75.7 cm³/mol. The fraction of sp³-hybridized carbons (Fsp3) is 0.143. The highest BCUT2D eigenvalue weighted by molar-refractivity contribution is 7.80. The van der Waals surface area contributed by atoms with Crippen LogP contribution in [0.4, 0.5) is 4.39 Å². The molecule has 0 aliphatic rings. The molecule has 3 nitrogen and oxygen atoms in total. The molecule has 0 bridgehead atoms. The topological polar surface area (TPSA) is 48.1 Å². The van der Waals surface area contributed by atoms with Crippen LogP contribution in [0.25, 0.3) is 0 Å². The maximum Gasteiger partial charge on any atom is 0.137 e. The third-order valence-electron chi connectivity index (χ3n) is 2.59. The van der Waals surface area contributed by atoms with Gasteiger partial charge in [0, 0.05) is 18.8 Å². The van der Waals surface area contributed by atoms with E-state index >= 15 is 0 Å². The van der Waals surface area contributed by atoms with Crippen LogP contribution in [-0.2, 0) is 6.42 Å². The fourth-order valence-corrected chi connectivity index (χ4v) is 1.89. The third-order valence-corrected chi connectivity index (χ3v) is 2.80. The lowest BCUT2D eigenvalue weighted by Crippen LogP contribution is -2.14. The van der Waals surface area contributed by atoms with Crippen molar-refractivity contribution in [2.24, 2.45) is 5.73 Å². The minimum atomic E-state index is -0.466. The monoisotopic (exact) mass is 276 g/mol. The van der Waals surface area contributed by atoms with Crippen LogP contribution in [0.2, 0.25) is 0 Å². The Morgan fingerprint density at radius 2 is 2.16 bits per heavy atom. The van der Waals surface area contributed by atoms with Gasteiger partial charge in [0.15, 0.2) is 0 Å². The number of hydrogen-bond donors (Lipinski definition) is 1. The van der Waals surface area contributed by atoms with Crippen molar-refractivity contribution in [2.75, 3.05) is 6.61 Å². The van der Waals surface area contributed by atoms with E-state index < -0.39 is 5.82 Å². The SMILES string of the molecule is NC(=S)c1c(F)cccc1OCCc1cccnc1. The van der Waals surface area contributed by atoms with E-state index in [-0.39, 0.29) is 10.6 Å². The molecule has 1 heterocycles. The van der Waals surface area contributed by atoms with Gasteiger partial charge in [-0.05, 0) is 23.8 Å². The first-order chi connectivity index (χ1) is 9.18.